The van der Waals surface area contributed by atoms with Gasteiger partial charge in [0, 0.05) is 25.3 Å². The Labute approximate surface area is 127 Å². The number of rotatable bonds is 10. The monoisotopic (exact) mass is 315 g/mol. The topological polar surface area (TPSA) is 64.6 Å². The molecule has 6 heteroatoms. The first kappa shape index (κ1) is 17.9. The highest BCUT2D eigenvalue weighted by Crippen LogP contribution is 2.26. The second-order valence-electron chi connectivity index (χ2n) is 4.81. The number of hydrogen-bond donors (Lipinski definition) is 1. The summed E-state index contributed by atoms with van der Waals surface area (Å²) < 4.78 is 34.7. The maximum atomic E-state index is 12.2. The van der Waals surface area contributed by atoms with E-state index in [9.17, 15) is 8.42 Å². The van der Waals surface area contributed by atoms with Crippen LogP contribution in [0.25, 0.3) is 0 Å². The van der Waals surface area contributed by atoms with Crippen molar-refractivity contribution in [2.75, 3.05) is 38.9 Å². The number of para-hydroxylation sites is 1. The number of hydrogen-bond acceptors (Lipinski definition) is 5. The van der Waals surface area contributed by atoms with Crippen LogP contribution in [-0.4, -0.2) is 47.3 Å². The van der Waals surface area contributed by atoms with Crippen molar-refractivity contribution in [3.8, 4) is 5.75 Å². The third-order valence-corrected chi connectivity index (χ3v) is 4.94. The predicted molar refractivity (Wildman–Crippen MR) is 84.6 cm³/mol. The third kappa shape index (κ3) is 6.03. The van der Waals surface area contributed by atoms with Gasteiger partial charge in [0.05, 0.1) is 18.6 Å². The molecule has 5 nitrogen and oxygen atoms in total. The van der Waals surface area contributed by atoms with Crippen molar-refractivity contribution < 1.29 is 17.9 Å². The van der Waals surface area contributed by atoms with E-state index in [1.807, 2.05) is 31.2 Å². The molecule has 0 saturated carbocycles. The maximum absolute atomic E-state index is 12.2. The molecule has 1 aromatic rings. The molecule has 0 aliphatic carbocycles. The van der Waals surface area contributed by atoms with Crippen molar-refractivity contribution in [1.29, 1.82) is 0 Å². The molecule has 0 heterocycles. The second-order valence-corrected chi connectivity index (χ2v) is 7.04. The largest absolute Gasteiger partial charge is 0.496 e. The maximum Gasteiger partial charge on any atom is 0.152 e. The van der Waals surface area contributed by atoms with E-state index in [-0.39, 0.29) is 17.5 Å². The quantitative estimate of drug-likeness (QED) is 0.667. The molecule has 0 aromatic heterocycles. The lowest BCUT2D eigenvalue weighted by Crippen LogP contribution is -2.29. The molecule has 0 saturated heterocycles. The summed E-state index contributed by atoms with van der Waals surface area (Å²) >= 11 is 0. The molecule has 0 aliphatic heterocycles. The normalized spacial score (nSPS) is 13.1. The first-order valence-electron chi connectivity index (χ1n) is 7.09. The smallest absolute Gasteiger partial charge is 0.152 e. The SMILES string of the molecule is CCNC(CS(=O)(=O)CCCOC)c1ccccc1OC. The molecular formula is C15H25NO4S. The van der Waals surface area contributed by atoms with Gasteiger partial charge >= 0.3 is 0 Å². The molecular weight excluding hydrogens is 290 g/mol. The Kier molecular flexibility index (Phi) is 7.71. The molecule has 120 valence electrons. The van der Waals surface area contributed by atoms with Crippen molar-refractivity contribution in [2.24, 2.45) is 0 Å². The van der Waals surface area contributed by atoms with Crippen molar-refractivity contribution >= 4 is 9.84 Å². The van der Waals surface area contributed by atoms with Gasteiger partial charge in [-0.05, 0) is 19.0 Å². The number of sulfone groups is 1. The Morgan fingerprint density at radius 2 is 1.95 bits per heavy atom. The Morgan fingerprint density at radius 3 is 2.57 bits per heavy atom. The highest BCUT2D eigenvalue weighted by Gasteiger charge is 2.22. The molecule has 1 atom stereocenters. The molecule has 0 fully saturated rings. The van der Waals surface area contributed by atoms with Crippen LogP contribution in [0.4, 0.5) is 0 Å². The average Bonchev–Trinajstić information content (AvgIpc) is 2.46. The van der Waals surface area contributed by atoms with Gasteiger partial charge in [-0.3, -0.25) is 0 Å². The van der Waals surface area contributed by atoms with Crippen LogP contribution in [0.5, 0.6) is 5.75 Å². The predicted octanol–water partition coefficient (Wildman–Crippen LogP) is 1.80. The summed E-state index contributed by atoms with van der Waals surface area (Å²) in [4.78, 5) is 0. The Morgan fingerprint density at radius 1 is 1.24 bits per heavy atom. The van der Waals surface area contributed by atoms with Gasteiger partial charge in [0.1, 0.15) is 5.75 Å². The Hall–Kier alpha value is -1.11. The van der Waals surface area contributed by atoms with Crippen molar-refractivity contribution in [3.05, 3.63) is 29.8 Å². The van der Waals surface area contributed by atoms with Crippen LogP contribution < -0.4 is 10.1 Å². The summed E-state index contributed by atoms with van der Waals surface area (Å²) in [5, 5.41) is 3.23. The molecule has 0 amide bonds. The fraction of sp³-hybridized carbons (Fsp3) is 0.600. The Bertz CT molecular complexity index is 516. The molecule has 21 heavy (non-hydrogen) atoms. The first-order valence-corrected chi connectivity index (χ1v) is 8.91. The number of benzene rings is 1. The van der Waals surface area contributed by atoms with Gasteiger partial charge in [0.2, 0.25) is 0 Å². The van der Waals surface area contributed by atoms with Gasteiger partial charge in [-0.2, -0.15) is 0 Å². The second kappa shape index (κ2) is 9.02. The summed E-state index contributed by atoms with van der Waals surface area (Å²) in [5.74, 6) is 0.901. The van der Waals surface area contributed by atoms with E-state index in [2.05, 4.69) is 5.32 Å². The van der Waals surface area contributed by atoms with E-state index < -0.39 is 9.84 Å². The molecule has 0 spiro atoms. The lowest BCUT2D eigenvalue weighted by atomic mass is 10.1. The summed E-state index contributed by atoms with van der Waals surface area (Å²) in [6.45, 7) is 3.11. The van der Waals surface area contributed by atoms with Gasteiger partial charge in [0.25, 0.3) is 0 Å². The number of methoxy groups -OCH3 is 2. The van der Waals surface area contributed by atoms with E-state index in [1.54, 1.807) is 14.2 Å². The van der Waals surface area contributed by atoms with Crippen LogP contribution in [0, 0.1) is 0 Å². The molecule has 0 aliphatic rings. The minimum absolute atomic E-state index is 0.0604. The van der Waals surface area contributed by atoms with Crippen LogP contribution in [0.1, 0.15) is 24.9 Å². The van der Waals surface area contributed by atoms with E-state index >= 15 is 0 Å². The van der Waals surface area contributed by atoms with E-state index in [4.69, 9.17) is 9.47 Å². The fourth-order valence-corrected chi connectivity index (χ4v) is 3.75. The third-order valence-electron chi connectivity index (χ3n) is 3.19. The van der Waals surface area contributed by atoms with Crippen LogP contribution >= 0.6 is 0 Å². The van der Waals surface area contributed by atoms with Crippen molar-refractivity contribution in [1.82, 2.24) is 5.32 Å². The highest BCUT2D eigenvalue weighted by atomic mass is 32.2. The van der Waals surface area contributed by atoms with Crippen LogP contribution in [0.2, 0.25) is 0 Å². The first-order chi connectivity index (χ1) is 10.0. The van der Waals surface area contributed by atoms with E-state index in [0.29, 0.717) is 25.3 Å². The van der Waals surface area contributed by atoms with E-state index in [1.165, 1.54) is 0 Å². The minimum atomic E-state index is -3.15. The van der Waals surface area contributed by atoms with E-state index in [0.717, 1.165) is 5.56 Å². The van der Waals surface area contributed by atoms with Crippen molar-refractivity contribution in [2.45, 2.75) is 19.4 Å². The summed E-state index contributed by atoms with van der Waals surface area (Å²) in [5.41, 5.74) is 0.872. The van der Waals surface area contributed by atoms with Crippen LogP contribution in [0.15, 0.2) is 24.3 Å². The van der Waals surface area contributed by atoms with Gasteiger partial charge in [-0.1, -0.05) is 25.1 Å². The molecule has 1 unspecified atom stereocenters. The van der Waals surface area contributed by atoms with Crippen molar-refractivity contribution in [3.63, 3.8) is 0 Å². The summed E-state index contributed by atoms with van der Waals surface area (Å²) in [7, 11) is 0.0181. The molecule has 1 aromatic carbocycles. The number of ether oxygens (including phenoxy) is 2. The Balaban J connectivity index is 2.86. The number of nitrogens with one attached hydrogen (secondary N) is 1. The van der Waals surface area contributed by atoms with Gasteiger partial charge in [-0.15, -0.1) is 0 Å². The zero-order valence-corrected chi connectivity index (χ0v) is 13.8. The van der Waals surface area contributed by atoms with Gasteiger partial charge in [0.15, 0.2) is 9.84 Å². The fourth-order valence-electron chi connectivity index (χ4n) is 2.22. The molecule has 0 bridgehead atoms. The molecule has 1 N–H and O–H groups in total. The van der Waals surface area contributed by atoms with Gasteiger partial charge < -0.3 is 14.8 Å². The highest BCUT2D eigenvalue weighted by molar-refractivity contribution is 7.91. The summed E-state index contributed by atoms with van der Waals surface area (Å²) in [6, 6.07) is 7.24. The lowest BCUT2D eigenvalue weighted by molar-refractivity contribution is 0.199. The zero-order valence-electron chi connectivity index (χ0n) is 13.0. The summed E-state index contributed by atoms with van der Waals surface area (Å²) in [6.07, 6.45) is 0.517. The standard InChI is InChI=1S/C15H25NO4S/c1-4-16-14(12-21(17,18)11-7-10-19-2)13-8-5-6-9-15(13)20-3/h5-6,8-9,14,16H,4,7,10-12H2,1-3H3. The van der Waals surface area contributed by atoms with Crippen LogP contribution in [0.3, 0.4) is 0 Å². The lowest BCUT2D eigenvalue weighted by Gasteiger charge is -2.20. The molecule has 1 rings (SSSR count). The van der Waals surface area contributed by atoms with Gasteiger partial charge in [-0.25, -0.2) is 8.42 Å². The van der Waals surface area contributed by atoms with Crippen LogP contribution in [-0.2, 0) is 14.6 Å². The minimum Gasteiger partial charge on any atom is -0.496 e. The molecule has 0 radical (unpaired) electrons. The average molecular weight is 315 g/mol. The zero-order chi connectivity index (χ0) is 15.7.